The summed E-state index contributed by atoms with van der Waals surface area (Å²) in [6, 6.07) is 5.73. The Kier molecular flexibility index (Phi) is 6.89. The van der Waals surface area contributed by atoms with Gasteiger partial charge in [-0.3, -0.25) is 9.59 Å². The smallest absolute Gasteiger partial charge is 0.308 e. The summed E-state index contributed by atoms with van der Waals surface area (Å²) in [6.07, 6.45) is 0.535. The first-order chi connectivity index (χ1) is 10.3. The number of aryl methyl sites for hydroxylation is 2. The van der Waals surface area contributed by atoms with Crippen LogP contribution in [0.1, 0.15) is 31.4 Å². The minimum Gasteiger partial charge on any atom is -0.484 e. The molecule has 0 heterocycles. The zero-order valence-electron chi connectivity index (χ0n) is 13.7. The van der Waals surface area contributed by atoms with Crippen molar-refractivity contribution < 1.29 is 19.4 Å². The van der Waals surface area contributed by atoms with Crippen molar-refractivity contribution in [1.82, 2.24) is 5.32 Å². The van der Waals surface area contributed by atoms with E-state index in [4.69, 9.17) is 9.84 Å². The number of carbonyl (C=O) groups is 2. The molecule has 0 aliphatic heterocycles. The second kappa shape index (κ2) is 8.41. The standard InChI is InChI=1S/C17H25NO4/c1-11(2)7-14(17(20)21)9-18-16(19)10-22-15-6-5-12(3)8-13(15)4/h5-6,8,11,14H,7,9-10H2,1-4H3,(H,18,19)(H,20,21). The van der Waals surface area contributed by atoms with Gasteiger partial charge in [-0.1, -0.05) is 31.5 Å². The van der Waals surface area contributed by atoms with Gasteiger partial charge in [0.25, 0.3) is 5.91 Å². The molecular formula is C17H25NO4. The minimum atomic E-state index is -0.885. The van der Waals surface area contributed by atoms with Crippen LogP contribution in [0.5, 0.6) is 5.75 Å². The van der Waals surface area contributed by atoms with Gasteiger partial charge in [-0.05, 0) is 37.8 Å². The highest BCUT2D eigenvalue weighted by molar-refractivity contribution is 5.78. The number of benzene rings is 1. The summed E-state index contributed by atoms with van der Waals surface area (Å²) >= 11 is 0. The highest BCUT2D eigenvalue weighted by Crippen LogP contribution is 2.18. The Morgan fingerprint density at radius 3 is 2.50 bits per heavy atom. The Morgan fingerprint density at radius 2 is 1.95 bits per heavy atom. The van der Waals surface area contributed by atoms with Gasteiger partial charge in [0.1, 0.15) is 5.75 Å². The molecule has 0 aliphatic carbocycles. The number of hydrogen-bond donors (Lipinski definition) is 2. The first-order valence-electron chi connectivity index (χ1n) is 7.49. The average Bonchev–Trinajstić information content (AvgIpc) is 2.41. The number of ether oxygens (including phenoxy) is 1. The lowest BCUT2D eigenvalue weighted by atomic mass is 9.97. The van der Waals surface area contributed by atoms with Crippen LogP contribution in [0, 0.1) is 25.7 Å². The molecule has 2 N–H and O–H groups in total. The van der Waals surface area contributed by atoms with Crippen LogP contribution in [0.15, 0.2) is 18.2 Å². The van der Waals surface area contributed by atoms with Crippen molar-refractivity contribution in [3.8, 4) is 5.75 Å². The molecule has 0 fully saturated rings. The third-order valence-corrected chi connectivity index (χ3v) is 3.34. The summed E-state index contributed by atoms with van der Waals surface area (Å²) in [5.41, 5.74) is 2.10. The molecule has 1 aromatic carbocycles. The number of nitrogens with one attached hydrogen (secondary N) is 1. The van der Waals surface area contributed by atoms with Crippen molar-refractivity contribution in [2.24, 2.45) is 11.8 Å². The molecule has 5 heteroatoms. The van der Waals surface area contributed by atoms with Crippen LogP contribution in [0.25, 0.3) is 0 Å². The predicted octanol–water partition coefficient (Wildman–Crippen LogP) is 2.55. The van der Waals surface area contributed by atoms with E-state index < -0.39 is 11.9 Å². The maximum absolute atomic E-state index is 11.8. The first kappa shape index (κ1) is 18.0. The number of aliphatic carboxylic acids is 1. The highest BCUT2D eigenvalue weighted by Gasteiger charge is 2.19. The van der Waals surface area contributed by atoms with Gasteiger partial charge in [-0.15, -0.1) is 0 Å². The van der Waals surface area contributed by atoms with Crippen LogP contribution in [0.3, 0.4) is 0 Å². The van der Waals surface area contributed by atoms with Gasteiger partial charge in [0.2, 0.25) is 0 Å². The van der Waals surface area contributed by atoms with Crippen molar-refractivity contribution in [2.75, 3.05) is 13.2 Å². The molecule has 0 radical (unpaired) electrons. The summed E-state index contributed by atoms with van der Waals surface area (Å²) in [7, 11) is 0. The number of hydrogen-bond acceptors (Lipinski definition) is 3. The number of amides is 1. The van der Waals surface area contributed by atoms with Gasteiger partial charge in [-0.2, -0.15) is 0 Å². The Morgan fingerprint density at radius 1 is 1.27 bits per heavy atom. The molecule has 0 spiro atoms. The SMILES string of the molecule is Cc1ccc(OCC(=O)NCC(CC(C)C)C(=O)O)c(C)c1. The molecule has 1 amide bonds. The average molecular weight is 307 g/mol. The fourth-order valence-electron chi connectivity index (χ4n) is 2.23. The van der Waals surface area contributed by atoms with Gasteiger partial charge in [0.15, 0.2) is 6.61 Å². The summed E-state index contributed by atoms with van der Waals surface area (Å²) < 4.78 is 5.47. The molecule has 0 aromatic heterocycles. The number of carboxylic acids is 1. The van der Waals surface area contributed by atoms with Crippen molar-refractivity contribution in [2.45, 2.75) is 34.1 Å². The molecule has 5 nitrogen and oxygen atoms in total. The number of carbonyl (C=O) groups excluding carboxylic acids is 1. The lowest BCUT2D eigenvalue weighted by Gasteiger charge is -2.16. The minimum absolute atomic E-state index is 0.113. The highest BCUT2D eigenvalue weighted by atomic mass is 16.5. The summed E-state index contributed by atoms with van der Waals surface area (Å²) in [5, 5.41) is 11.7. The fourth-order valence-corrected chi connectivity index (χ4v) is 2.23. The van der Waals surface area contributed by atoms with E-state index in [-0.39, 0.29) is 25.0 Å². The molecule has 1 aromatic rings. The lowest BCUT2D eigenvalue weighted by Crippen LogP contribution is -2.36. The predicted molar refractivity (Wildman–Crippen MR) is 85.0 cm³/mol. The lowest BCUT2D eigenvalue weighted by molar-refractivity contribution is -0.142. The van der Waals surface area contributed by atoms with Gasteiger partial charge >= 0.3 is 5.97 Å². The molecule has 22 heavy (non-hydrogen) atoms. The summed E-state index contributed by atoms with van der Waals surface area (Å²) in [4.78, 5) is 22.9. The van der Waals surface area contributed by atoms with Gasteiger partial charge in [-0.25, -0.2) is 0 Å². The van der Waals surface area contributed by atoms with Crippen LogP contribution >= 0.6 is 0 Å². The zero-order valence-corrected chi connectivity index (χ0v) is 13.7. The molecule has 0 bridgehead atoms. The van der Waals surface area contributed by atoms with E-state index in [0.29, 0.717) is 12.2 Å². The second-order valence-electron chi connectivity index (χ2n) is 6.03. The molecule has 122 valence electrons. The molecular weight excluding hydrogens is 282 g/mol. The van der Waals surface area contributed by atoms with E-state index in [2.05, 4.69) is 5.32 Å². The van der Waals surface area contributed by atoms with Crippen molar-refractivity contribution in [3.63, 3.8) is 0 Å². The van der Waals surface area contributed by atoms with Crippen molar-refractivity contribution >= 4 is 11.9 Å². The Balaban J connectivity index is 2.44. The normalized spacial score (nSPS) is 12.0. The Hall–Kier alpha value is -2.04. The topological polar surface area (TPSA) is 75.6 Å². The maximum Gasteiger partial charge on any atom is 0.308 e. The molecule has 0 saturated heterocycles. The van der Waals surface area contributed by atoms with Crippen LogP contribution in [-0.2, 0) is 9.59 Å². The van der Waals surface area contributed by atoms with E-state index in [1.165, 1.54) is 0 Å². The molecule has 0 aliphatic rings. The third-order valence-electron chi connectivity index (χ3n) is 3.34. The van der Waals surface area contributed by atoms with E-state index in [1.54, 1.807) is 0 Å². The number of carboxylic acid groups (broad SMARTS) is 1. The van der Waals surface area contributed by atoms with E-state index in [0.717, 1.165) is 11.1 Å². The maximum atomic E-state index is 11.8. The van der Waals surface area contributed by atoms with Crippen LogP contribution in [-0.4, -0.2) is 30.1 Å². The zero-order chi connectivity index (χ0) is 16.7. The quantitative estimate of drug-likeness (QED) is 0.774. The largest absolute Gasteiger partial charge is 0.484 e. The van der Waals surface area contributed by atoms with E-state index in [1.807, 2.05) is 45.9 Å². The summed E-state index contributed by atoms with van der Waals surface area (Å²) in [5.74, 6) is -0.827. The molecule has 1 atom stereocenters. The van der Waals surface area contributed by atoms with Crippen LogP contribution < -0.4 is 10.1 Å². The second-order valence-corrected chi connectivity index (χ2v) is 6.03. The molecule has 1 unspecified atom stereocenters. The Labute approximate surface area is 131 Å². The van der Waals surface area contributed by atoms with Crippen LogP contribution in [0.2, 0.25) is 0 Å². The number of rotatable bonds is 8. The van der Waals surface area contributed by atoms with Gasteiger partial charge < -0.3 is 15.2 Å². The van der Waals surface area contributed by atoms with E-state index >= 15 is 0 Å². The fraction of sp³-hybridized carbons (Fsp3) is 0.529. The Bertz CT molecular complexity index is 525. The van der Waals surface area contributed by atoms with Crippen molar-refractivity contribution in [1.29, 1.82) is 0 Å². The van der Waals surface area contributed by atoms with Crippen molar-refractivity contribution in [3.05, 3.63) is 29.3 Å². The van der Waals surface area contributed by atoms with Crippen LogP contribution in [0.4, 0.5) is 0 Å². The van der Waals surface area contributed by atoms with Gasteiger partial charge in [0, 0.05) is 6.54 Å². The van der Waals surface area contributed by atoms with Gasteiger partial charge in [0.05, 0.1) is 5.92 Å². The monoisotopic (exact) mass is 307 g/mol. The molecule has 1 rings (SSSR count). The third kappa shape index (κ3) is 6.16. The van der Waals surface area contributed by atoms with E-state index in [9.17, 15) is 9.59 Å². The summed E-state index contributed by atoms with van der Waals surface area (Å²) in [6.45, 7) is 7.84. The first-order valence-corrected chi connectivity index (χ1v) is 7.49. The molecule has 0 saturated carbocycles.